The van der Waals surface area contributed by atoms with E-state index in [-0.39, 0.29) is 0 Å². The summed E-state index contributed by atoms with van der Waals surface area (Å²) in [7, 11) is 5.06. The SMILES string of the molecule is CCPCPP. The van der Waals surface area contributed by atoms with Crippen LogP contribution in [0.25, 0.3) is 0 Å². The van der Waals surface area contributed by atoms with E-state index in [1.807, 2.05) is 0 Å². The summed E-state index contributed by atoms with van der Waals surface area (Å²) in [4.78, 5) is 0. The molecule has 0 aromatic rings. The highest BCUT2D eigenvalue weighted by Gasteiger charge is 1.74. The second-order valence-corrected chi connectivity index (χ2v) is 5.24. The Labute approximate surface area is 45.5 Å². The van der Waals surface area contributed by atoms with Crippen LogP contribution in [0.4, 0.5) is 0 Å². The average Bonchev–Trinajstić information content (AvgIpc) is 1.61. The molecular formula is C3H11P3. The first-order valence-electron chi connectivity index (χ1n) is 2.06. The van der Waals surface area contributed by atoms with Crippen LogP contribution < -0.4 is 0 Å². The predicted molar refractivity (Wildman–Crippen MR) is 41.7 cm³/mol. The molecule has 0 N–H and O–H groups in total. The third kappa shape index (κ3) is 5.29. The molecule has 0 aromatic carbocycles. The first-order chi connectivity index (χ1) is 2.91. The summed E-state index contributed by atoms with van der Waals surface area (Å²) in [5.41, 5.74) is 0. The van der Waals surface area contributed by atoms with Crippen LogP contribution in [0, 0.1) is 0 Å². The second kappa shape index (κ2) is 6.29. The van der Waals surface area contributed by atoms with Crippen molar-refractivity contribution in [2.75, 3.05) is 12.1 Å². The van der Waals surface area contributed by atoms with Crippen molar-refractivity contribution >= 4 is 25.8 Å². The van der Waals surface area contributed by atoms with Crippen molar-refractivity contribution in [3.8, 4) is 0 Å². The monoisotopic (exact) mass is 140 g/mol. The molecule has 0 nitrogen and oxygen atoms in total. The van der Waals surface area contributed by atoms with Gasteiger partial charge >= 0.3 is 0 Å². The molecule has 0 heterocycles. The van der Waals surface area contributed by atoms with E-state index in [0.29, 0.717) is 0 Å². The smallest absolute Gasteiger partial charge is 0.0141 e. The van der Waals surface area contributed by atoms with Crippen molar-refractivity contribution in [2.45, 2.75) is 6.92 Å². The third-order valence-electron chi connectivity index (χ3n) is 0.477. The van der Waals surface area contributed by atoms with Gasteiger partial charge in [-0.2, -0.15) is 0 Å². The van der Waals surface area contributed by atoms with Gasteiger partial charge in [0.05, 0.1) is 0 Å². The van der Waals surface area contributed by atoms with E-state index in [1.165, 1.54) is 20.6 Å². The minimum absolute atomic E-state index is 1.09. The molecule has 3 unspecified atom stereocenters. The predicted octanol–water partition coefficient (Wildman–Crippen LogP) is 2.11. The van der Waals surface area contributed by atoms with E-state index in [2.05, 4.69) is 15.9 Å². The summed E-state index contributed by atoms with van der Waals surface area (Å²) in [6, 6.07) is 0. The summed E-state index contributed by atoms with van der Waals surface area (Å²) in [6.07, 6.45) is 1.38. The van der Waals surface area contributed by atoms with Gasteiger partial charge < -0.3 is 0 Å². The molecule has 0 rings (SSSR count). The van der Waals surface area contributed by atoms with Gasteiger partial charge in [0.1, 0.15) is 0 Å². The van der Waals surface area contributed by atoms with E-state index in [4.69, 9.17) is 0 Å². The highest BCUT2D eigenvalue weighted by molar-refractivity contribution is 8.05. The number of rotatable bonds is 3. The lowest BCUT2D eigenvalue weighted by Crippen LogP contribution is -1.57. The lowest BCUT2D eigenvalue weighted by molar-refractivity contribution is 1.52. The Kier molecular flexibility index (Phi) is 7.64. The van der Waals surface area contributed by atoms with Crippen molar-refractivity contribution < 1.29 is 0 Å². The average molecular weight is 140 g/mol. The van der Waals surface area contributed by atoms with Crippen molar-refractivity contribution in [2.24, 2.45) is 0 Å². The molecule has 3 atom stereocenters. The maximum Gasteiger partial charge on any atom is -0.0141 e. The fraction of sp³-hybridized carbons (Fsp3) is 1.00. The topological polar surface area (TPSA) is 0 Å². The van der Waals surface area contributed by atoms with Crippen LogP contribution in [-0.4, -0.2) is 12.1 Å². The molecule has 0 bridgehead atoms. The Morgan fingerprint density at radius 1 is 1.67 bits per heavy atom. The number of hydrogen-bond donors (Lipinski definition) is 0. The summed E-state index contributed by atoms with van der Waals surface area (Å²) in [5, 5.41) is 0. The van der Waals surface area contributed by atoms with E-state index in [1.54, 1.807) is 0 Å². The van der Waals surface area contributed by atoms with Crippen molar-refractivity contribution in [1.82, 2.24) is 0 Å². The Morgan fingerprint density at radius 3 is 2.50 bits per heavy atom. The minimum Gasteiger partial charge on any atom is -0.118 e. The maximum atomic E-state index is 2.76. The lowest BCUT2D eigenvalue weighted by atomic mass is 11.0. The van der Waals surface area contributed by atoms with Gasteiger partial charge in [-0.3, -0.25) is 0 Å². The normalized spacial score (nSPS) is 13.0. The highest BCUT2D eigenvalue weighted by atomic mass is 32.0. The van der Waals surface area contributed by atoms with E-state index < -0.39 is 0 Å². The third-order valence-corrected chi connectivity index (χ3v) is 4.63. The Bertz CT molecular complexity index is 18.0. The van der Waals surface area contributed by atoms with Crippen LogP contribution in [0.5, 0.6) is 0 Å². The van der Waals surface area contributed by atoms with Gasteiger partial charge in [-0.25, -0.2) is 0 Å². The zero-order chi connectivity index (χ0) is 4.83. The molecule has 0 aliphatic heterocycles. The Morgan fingerprint density at radius 2 is 2.33 bits per heavy atom. The van der Waals surface area contributed by atoms with Crippen molar-refractivity contribution in [1.29, 1.82) is 0 Å². The van der Waals surface area contributed by atoms with E-state index >= 15 is 0 Å². The quantitative estimate of drug-likeness (QED) is 0.416. The molecule has 0 saturated carbocycles. The molecule has 0 aliphatic rings. The Balaban J connectivity index is 2.34. The molecule has 0 fully saturated rings. The largest absolute Gasteiger partial charge is 0.118 e. The van der Waals surface area contributed by atoms with E-state index in [9.17, 15) is 0 Å². The van der Waals surface area contributed by atoms with Crippen molar-refractivity contribution in [3.05, 3.63) is 0 Å². The van der Waals surface area contributed by atoms with Crippen LogP contribution in [-0.2, 0) is 0 Å². The molecular weight excluding hydrogens is 129 g/mol. The van der Waals surface area contributed by atoms with Crippen LogP contribution >= 0.6 is 25.8 Å². The van der Waals surface area contributed by atoms with Crippen LogP contribution in [0.15, 0.2) is 0 Å². The summed E-state index contributed by atoms with van der Waals surface area (Å²) >= 11 is 0. The molecule has 6 heavy (non-hydrogen) atoms. The van der Waals surface area contributed by atoms with Gasteiger partial charge in [-0.15, -0.1) is 17.5 Å². The van der Waals surface area contributed by atoms with Gasteiger partial charge in [-0.1, -0.05) is 15.2 Å². The first-order valence-corrected chi connectivity index (χ1v) is 6.49. The lowest BCUT2D eigenvalue weighted by Gasteiger charge is -1.87. The summed E-state index contributed by atoms with van der Waals surface area (Å²) in [6.45, 7) is 2.24. The highest BCUT2D eigenvalue weighted by Crippen LogP contribution is 2.28. The van der Waals surface area contributed by atoms with Crippen molar-refractivity contribution in [3.63, 3.8) is 0 Å². The van der Waals surface area contributed by atoms with Gasteiger partial charge in [0.2, 0.25) is 0 Å². The van der Waals surface area contributed by atoms with Crippen LogP contribution in [0.3, 0.4) is 0 Å². The second-order valence-electron chi connectivity index (χ2n) is 0.984. The zero-order valence-electron chi connectivity index (χ0n) is 3.99. The summed E-state index contributed by atoms with van der Waals surface area (Å²) < 4.78 is 0. The fourth-order valence-electron chi connectivity index (χ4n) is 0.197. The van der Waals surface area contributed by atoms with Gasteiger partial charge in [0, 0.05) is 0 Å². The standard InChI is InChI=1S/C3H11P3/c1-2-5-3-6-4/h5-6H,2-4H2,1H3. The molecule has 0 saturated heterocycles. The molecule has 0 aromatic heterocycles. The molecule has 0 radical (unpaired) electrons. The fourth-order valence-corrected chi connectivity index (χ4v) is 3.07. The zero-order valence-corrected chi connectivity index (χ0v) is 7.15. The van der Waals surface area contributed by atoms with Gasteiger partial charge in [-0.05, 0) is 12.1 Å². The minimum atomic E-state index is 1.09. The number of hydrogen-bond acceptors (Lipinski definition) is 0. The maximum absolute atomic E-state index is 2.76. The molecule has 0 amide bonds. The summed E-state index contributed by atoms with van der Waals surface area (Å²) in [5.74, 6) is 1.43. The molecule has 0 spiro atoms. The molecule has 38 valence electrons. The van der Waals surface area contributed by atoms with E-state index in [0.717, 1.165) is 8.27 Å². The molecule has 0 aliphatic carbocycles. The van der Waals surface area contributed by atoms with Crippen LogP contribution in [0.1, 0.15) is 6.92 Å². The van der Waals surface area contributed by atoms with Crippen LogP contribution in [0.2, 0.25) is 0 Å². The molecule has 3 heteroatoms. The van der Waals surface area contributed by atoms with Gasteiger partial charge in [0.15, 0.2) is 0 Å². The Hall–Kier alpha value is 1.29. The van der Waals surface area contributed by atoms with Gasteiger partial charge in [0.25, 0.3) is 0 Å². The first kappa shape index (κ1) is 7.29.